The van der Waals surface area contributed by atoms with Crippen LogP contribution in [0.15, 0.2) is 24.3 Å². The normalized spacial score (nSPS) is 19.4. The van der Waals surface area contributed by atoms with Crippen molar-refractivity contribution in [3.63, 3.8) is 0 Å². The SMILES string of the molecule is CC(C)C1CCCN(C(=O)COc2ccc(N)cc2)CC1. The van der Waals surface area contributed by atoms with E-state index in [2.05, 4.69) is 13.8 Å². The molecule has 4 heteroatoms. The number of ether oxygens (including phenoxy) is 1. The van der Waals surface area contributed by atoms with Crippen molar-refractivity contribution in [2.24, 2.45) is 11.8 Å². The molecule has 1 aliphatic rings. The van der Waals surface area contributed by atoms with E-state index in [1.807, 2.05) is 4.90 Å². The average molecular weight is 290 g/mol. The van der Waals surface area contributed by atoms with Gasteiger partial charge in [-0.2, -0.15) is 0 Å². The molecule has 0 spiro atoms. The number of nitrogens with two attached hydrogens (primary N) is 1. The number of nitrogen functional groups attached to an aromatic ring is 1. The molecule has 116 valence electrons. The van der Waals surface area contributed by atoms with Crippen LogP contribution in [0.2, 0.25) is 0 Å². The predicted molar refractivity (Wildman–Crippen MR) is 85.1 cm³/mol. The lowest BCUT2D eigenvalue weighted by Gasteiger charge is -2.21. The lowest BCUT2D eigenvalue weighted by molar-refractivity contribution is -0.133. The van der Waals surface area contributed by atoms with Crippen molar-refractivity contribution in [2.75, 3.05) is 25.4 Å². The molecule has 0 radical (unpaired) electrons. The minimum absolute atomic E-state index is 0.0798. The number of carbonyl (C=O) groups excluding carboxylic acids is 1. The molecule has 0 aromatic heterocycles. The van der Waals surface area contributed by atoms with Gasteiger partial charge in [0.05, 0.1) is 0 Å². The van der Waals surface area contributed by atoms with Gasteiger partial charge in [-0.25, -0.2) is 0 Å². The fourth-order valence-corrected chi connectivity index (χ4v) is 2.84. The van der Waals surface area contributed by atoms with E-state index in [0.717, 1.165) is 31.8 Å². The third-order valence-corrected chi connectivity index (χ3v) is 4.31. The Kier molecular flexibility index (Phi) is 5.48. The predicted octanol–water partition coefficient (Wildman–Crippen LogP) is 2.93. The van der Waals surface area contributed by atoms with Crippen LogP contribution in [0, 0.1) is 11.8 Å². The average Bonchev–Trinajstić information content (AvgIpc) is 2.72. The van der Waals surface area contributed by atoms with Crippen LogP contribution in [0.1, 0.15) is 33.1 Å². The highest BCUT2D eigenvalue weighted by atomic mass is 16.5. The maximum atomic E-state index is 12.2. The first kappa shape index (κ1) is 15.7. The number of likely N-dealkylation sites (tertiary alicyclic amines) is 1. The van der Waals surface area contributed by atoms with Crippen LogP contribution in [-0.2, 0) is 4.79 Å². The van der Waals surface area contributed by atoms with Crippen LogP contribution in [0.4, 0.5) is 5.69 Å². The Morgan fingerprint density at radius 3 is 2.67 bits per heavy atom. The Hall–Kier alpha value is -1.71. The van der Waals surface area contributed by atoms with Crippen molar-refractivity contribution in [1.29, 1.82) is 0 Å². The van der Waals surface area contributed by atoms with Gasteiger partial charge in [-0.05, 0) is 55.4 Å². The van der Waals surface area contributed by atoms with Crippen LogP contribution in [-0.4, -0.2) is 30.5 Å². The minimum atomic E-state index is 0.0798. The van der Waals surface area contributed by atoms with Crippen LogP contribution in [0.25, 0.3) is 0 Å². The van der Waals surface area contributed by atoms with Crippen LogP contribution >= 0.6 is 0 Å². The van der Waals surface area contributed by atoms with E-state index in [4.69, 9.17) is 10.5 Å². The van der Waals surface area contributed by atoms with Gasteiger partial charge in [0.15, 0.2) is 6.61 Å². The molecule has 1 aromatic rings. The smallest absolute Gasteiger partial charge is 0.260 e. The molecule has 1 amide bonds. The maximum Gasteiger partial charge on any atom is 0.260 e. The highest BCUT2D eigenvalue weighted by Gasteiger charge is 2.22. The second-order valence-corrected chi connectivity index (χ2v) is 6.17. The zero-order valence-corrected chi connectivity index (χ0v) is 13.0. The number of anilines is 1. The summed E-state index contributed by atoms with van der Waals surface area (Å²) in [5, 5.41) is 0. The molecule has 1 aromatic carbocycles. The van der Waals surface area contributed by atoms with E-state index < -0.39 is 0 Å². The molecule has 0 bridgehead atoms. The van der Waals surface area contributed by atoms with E-state index in [9.17, 15) is 4.79 Å². The van der Waals surface area contributed by atoms with Gasteiger partial charge in [0.2, 0.25) is 0 Å². The molecule has 2 N–H and O–H groups in total. The Labute approximate surface area is 127 Å². The van der Waals surface area contributed by atoms with Crippen molar-refractivity contribution in [2.45, 2.75) is 33.1 Å². The van der Waals surface area contributed by atoms with Crippen molar-refractivity contribution >= 4 is 11.6 Å². The van der Waals surface area contributed by atoms with E-state index in [1.165, 1.54) is 6.42 Å². The number of carbonyl (C=O) groups is 1. The zero-order valence-electron chi connectivity index (χ0n) is 13.0. The summed E-state index contributed by atoms with van der Waals surface area (Å²) >= 11 is 0. The van der Waals surface area contributed by atoms with Crippen LogP contribution in [0.5, 0.6) is 5.75 Å². The molecule has 21 heavy (non-hydrogen) atoms. The number of hydrogen-bond donors (Lipinski definition) is 1. The Morgan fingerprint density at radius 1 is 1.29 bits per heavy atom. The van der Waals surface area contributed by atoms with Crippen molar-refractivity contribution < 1.29 is 9.53 Å². The van der Waals surface area contributed by atoms with E-state index in [1.54, 1.807) is 24.3 Å². The molecular weight excluding hydrogens is 264 g/mol. The first-order chi connectivity index (χ1) is 10.1. The molecule has 1 atom stereocenters. The van der Waals surface area contributed by atoms with Gasteiger partial charge in [0.1, 0.15) is 5.75 Å². The fourth-order valence-electron chi connectivity index (χ4n) is 2.84. The van der Waals surface area contributed by atoms with Gasteiger partial charge in [-0.1, -0.05) is 13.8 Å². The summed E-state index contributed by atoms with van der Waals surface area (Å²) in [6, 6.07) is 7.14. The quantitative estimate of drug-likeness (QED) is 0.867. The monoisotopic (exact) mass is 290 g/mol. The third-order valence-electron chi connectivity index (χ3n) is 4.31. The third kappa shape index (κ3) is 4.66. The molecule has 0 saturated carbocycles. The Morgan fingerprint density at radius 2 is 2.00 bits per heavy atom. The van der Waals surface area contributed by atoms with Gasteiger partial charge in [-0.15, -0.1) is 0 Å². The maximum absolute atomic E-state index is 12.2. The zero-order chi connectivity index (χ0) is 15.2. The number of rotatable bonds is 4. The van der Waals surface area contributed by atoms with Gasteiger partial charge in [-0.3, -0.25) is 4.79 Å². The lowest BCUT2D eigenvalue weighted by atomic mass is 9.89. The first-order valence-corrected chi connectivity index (χ1v) is 7.82. The summed E-state index contributed by atoms with van der Waals surface area (Å²) in [5.74, 6) is 2.20. The molecule has 0 aliphatic carbocycles. The van der Waals surface area contributed by atoms with Crippen LogP contribution < -0.4 is 10.5 Å². The fraction of sp³-hybridized carbons (Fsp3) is 0.588. The van der Waals surface area contributed by atoms with E-state index in [0.29, 0.717) is 17.4 Å². The molecule has 4 nitrogen and oxygen atoms in total. The van der Waals surface area contributed by atoms with Crippen molar-refractivity contribution in [1.82, 2.24) is 4.90 Å². The number of benzene rings is 1. The first-order valence-electron chi connectivity index (χ1n) is 7.82. The van der Waals surface area contributed by atoms with Crippen molar-refractivity contribution in [3.05, 3.63) is 24.3 Å². The van der Waals surface area contributed by atoms with E-state index >= 15 is 0 Å². The van der Waals surface area contributed by atoms with Gasteiger partial charge >= 0.3 is 0 Å². The summed E-state index contributed by atoms with van der Waals surface area (Å²) in [5.41, 5.74) is 6.32. The highest BCUT2D eigenvalue weighted by Crippen LogP contribution is 2.24. The number of amides is 1. The number of hydrogen-bond acceptors (Lipinski definition) is 3. The molecule has 1 unspecified atom stereocenters. The molecule has 2 rings (SSSR count). The summed E-state index contributed by atoms with van der Waals surface area (Å²) in [4.78, 5) is 14.2. The molecule has 1 saturated heterocycles. The molecule has 1 aliphatic heterocycles. The van der Waals surface area contributed by atoms with E-state index in [-0.39, 0.29) is 12.5 Å². The van der Waals surface area contributed by atoms with Gasteiger partial charge in [0.25, 0.3) is 5.91 Å². The second-order valence-electron chi connectivity index (χ2n) is 6.17. The summed E-state index contributed by atoms with van der Waals surface area (Å²) in [6.45, 7) is 6.36. The summed E-state index contributed by atoms with van der Waals surface area (Å²) in [7, 11) is 0. The minimum Gasteiger partial charge on any atom is -0.484 e. The largest absolute Gasteiger partial charge is 0.484 e. The lowest BCUT2D eigenvalue weighted by Crippen LogP contribution is -2.35. The molecule has 1 fully saturated rings. The summed E-state index contributed by atoms with van der Waals surface area (Å²) in [6.07, 6.45) is 3.42. The Bertz CT molecular complexity index is 456. The standard InChI is InChI=1S/C17H26N2O2/c1-13(2)14-4-3-10-19(11-9-14)17(20)12-21-16-7-5-15(18)6-8-16/h5-8,13-14H,3-4,9-12,18H2,1-2H3. The molecular formula is C17H26N2O2. The highest BCUT2D eigenvalue weighted by molar-refractivity contribution is 5.77. The number of nitrogens with zero attached hydrogens (tertiary/aromatic N) is 1. The van der Waals surface area contributed by atoms with Gasteiger partial charge in [0, 0.05) is 18.8 Å². The van der Waals surface area contributed by atoms with Gasteiger partial charge < -0.3 is 15.4 Å². The Balaban J connectivity index is 1.81. The molecule has 1 heterocycles. The second kappa shape index (κ2) is 7.34. The topological polar surface area (TPSA) is 55.6 Å². The van der Waals surface area contributed by atoms with Crippen molar-refractivity contribution in [3.8, 4) is 5.75 Å². The summed E-state index contributed by atoms with van der Waals surface area (Å²) < 4.78 is 5.54. The van der Waals surface area contributed by atoms with Crippen LogP contribution in [0.3, 0.4) is 0 Å².